The van der Waals surface area contributed by atoms with E-state index in [1.807, 2.05) is 12.1 Å². The summed E-state index contributed by atoms with van der Waals surface area (Å²) >= 11 is 5.90. The smallest absolute Gasteiger partial charge is 0.0406 e. The lowest BCUT2D eigenvalue weighted by Gasteiger charge is -2.31. The van der Waals surface area contributed by atoms with Gasteiger partial charge in [-0.2, -0.15) is 0 Å². The van der Waals surface area contributed by atoms with Gasteiger partial charge in [0.25, 0.3) is 0 Å². The minimum atomic E-state index is 0.699. The molecule has 1 fully saturated rings. The number of halogens is 1. The van der Waals surface area contributed by atoms with Crippen LogP contribution in [-0.2, 0) is 6.42 Å². The molecule has 0 amide bonds. The van der Waals surface area contributed by atoms with E-state index in [-0.39, 0.29) is 0 Å². The summed E-state index contributed by atoms with van der Waals surface area (Å²) in [6.07, 6.45) is 6.63. The SMILES string of the molecule is CNC1CCCCC1Cc1ccc(Cl)cc1. The highest BCUT2D eigenvalue weighted by Gasteiger charge is 2.23. The number of rotatable bonds is 3. The van der Waals surface area contributed by atoms with Crippen LogP contribution in [0.1, 0.15) is 31.2 Å². The van der Waals surface area contributed by atoms with Gasteiger partial charge in [0.05, 0.1) is 0 Å². The molecule has 1 saturated carbocycles. The highest BCUT2D eigenvalue weighted by atomic mass is 35.5. The van der Waals surface area contributed by atoms with Gasteiger partial charge in [-0.3, -0.25) is 0 Å². The molecule has 1 aromatic rings. The molecule has 0 aliphatic heterocycles. The summed E-state index contributed by atoms with van der Waals surface area (Å²) in [5.41, 5.74) is 1.41. The van der Waals surface area contributed by atoms with Crippen molar-refractivity contribution in [3.05, 3.63) is 34.9 Å². The molecule has 2 heteroatoms. The van der Waals surface area contributed by atoms with Crippen molar-refractivity contribution in [2.24, 2.45) is 5.92 Å². The molecule has 88 valence electrons. The van der Waals surface area contributed by atoms with Gasteiger partial charge >= 0.3 is 0 Å². The summed E-state index contributed by atoms with van der Waals surface area (Å²) in [7, 11) is 2.09. The van der Waals surface area contributed by atoms with Crippen molar-refractivity contribution in [2.45, 2.75) is 38.1 Å². The van der Waals surface area contributed by atoms with Crippen LogP contribution < -0.4 is 5.32 Å². The molecule has 2 unspecified atom stereocenters. The third kappa shape index (κ3) is 2.99. The predicted molar refractivity (Wildman–Crippen MR) is 70.0 cm³/mol. The Balaban J connectivity index is 1.99. The Morgan fingerprint density at radius 1 is 1.19 bits per heavy atom. The molecule has 0 aromatic heterocycles. The first-order chi connectivity index (χ1) is 7.79. The molecule has 0 spiro atoms. The van der Waals surface area contributed by atoms with E-state index in [1.54, 1.807) is 0 Å². The van der Waals surface area contributed by atoms with Gasteiger partial charge in [-0.15, -0.1) is 0 Å². The fourth-order valence-corrected chi connectivity index (χ4v) is 2.88. The lowest BCUT2D eigenvalue weighted by atomic mass is 9.81. The van der Waals surface area contributed by atoms with Crippen LogP contribution in [-0.4, -0.2) is 13.1 Å². The van der Waals surface area contributed by atoms with E-state index in [0.717, 1.165) is 10.9 Å². The average molecular weight is 238 g/mol. The molecule has 0 bridgehead atoms. The molecule has 0 heterocycles. The molecule has 16 heavy (non-hydrogen) atoms. The fraction of sp³-hybridized carbons (Fsp3) is 0.571. The monoisotopic (exact) mass is 237 g/mol. The van der Waals surface area contributed by atoms with Gasteiger partial charge in [0.1, 0.15) is 0 Å². The van der Waals surface area contributed by atoms with E-state index in [0.29, 0.717) is 6.04 Å². The minimum Gasteiger partial charge on any atom is -0.317 e. The number of benzene rings is 1. The second-order valence-electron chi connectivity index (χ2n) is 4.77. The lowest BCUT2D eigenvalue weighted by Crippen LogP contribution is -2.37. The van der Waals surface area contributed by atoms with E-state index in [4.69, 9.17) is 11.6 Å². The summed E-state index contributed by atoms with van der Waals surface area (Å²) in [5, 5.41) is 4.29. The van der Waals surface area contributed by atoms with Crippen LogP contribution in [0.3, 0.4) is 0 Å². The molecule has 1 N–H and O–H groups in total. The van der Waals surface area contributed by atoms with Crippen LogP contribution >= 0.6 is 11.6 Å². The van der Waals surface area contributed by atoms with Crippen molar-refractivity contribution >= 4 is 11.6 Å². The van der Waals surface area contributed by atoms with Crippen molar-refractivity contribution in [1.29, 1.82) is 0 Å². The van der Waals surface area contributed by atoms with Gasteiger partial charge in [0.2, 0.25) is 0 Å². The Hall–Kier alpha value is -0.530. The number of nitrogens with one attached hydrogen (secondary N) is 1. The zero-order valence-corrected chi connectivity index (χ0v) is 10.6. The maximum absolute atomic E-state index is 5.90. The first-order valence-corrected chi connectivity index (χ1v) is 6.59. The zero-order chi connectivity index (χ0) is 11.4. The van der Waals surface area contributed by atoms with Crippen molar-refractivity contribution in [3.8, 4) is 0 Å². The van der Waals surface area contributed by atoms with E-state index in [9.17, 15) is 0 Å². The zero-order valence-electron chi connectivity index (χ0n) is 9.88. The lowest BCUT2D eigenvalue weighted by molar-refractivity contribution is 0.273. The Kier molecular flexibility index (Phi) is 4.25. The largest absolute Gasteiger partial charge is 0.317 e. The van der Waals surface area contributed by atoms with Crippen LogP contribution in [0.5, 0.6) is 0 Å². The molecular formula is C14H20ClN. The summed E-state index contributed by atoms with van der Waals surface area (Å²) < 4.78 is 0. The number of hydrogen-bond donors (Lipinski definition) is 1. The van der Waals surface area contributed by atoms with Crippen LogP contribution in [0.4, 0.5) is 0 Å². The maximum atomic E-state index is 5.90. The quantitative estimate of drug-likeness (QED) is 0.846. The van der Waals surface area contributed by atoms with Crippen LogP contribution in [0.15, 0.2) is 24.3 Å². The highest BCUT2D eigenvalue weighted by Crippen LogP contribution is 2.27. The predicted octanol–water partition coefficient (Wildman–Crippen LogP) is 3.66. The normalized spacial score (nSPS) is 25.6. The van der Waals surface area contributed by atoms with Gasteiger partial charge in [-0.25, -0.2) is 0 Å². The van der Waals surface area contributed by atoms with Crippen molar-refractivity contribution in [3.63, 3.8) is 0 Å². The van der Waals surface area contributed by atoms with Gasteiger partial charge in [0.15, 0.2) is 0 Å². The molecule has 1 aliphatic carbocycles. The summed E-state index contributed by atoms with van der Waals surface area (Å²) in [6, 6.07) is 9.00. The molecule has 1 aromatic carbocycles. The Labute approximate surface area is 103 Å². The highest BCUT2D eigenvalue weighted by molar-refractivity contribution is 6.30. The molecule has 2 rings (SSSR count). The van der Waals surface area contributed by atoms with E-state index >= 15 is 0 Å². The third-order valence-corrected chi connectivity index (χ3v) is 3.94. The summed E-state index contributed by atoms with van der Waals surface area (Å²) in [4.78, 5) is 0. The maximum Gasteiger partial charge on any atom is 0.0406 e. The summed E-state index contributed by atoms with van der Waals surface area (Å²) in [6.45, 7) is 0. The standard InChI is InChI=1S/C14H20ClN/c1-16-14-5-3-2-4-12(14)10-11-6-8-13(15)9-7-11/h6-9,12,14,16H,2-5,10H2,1H3. The number of hydrogen-bond acceptors (Lipinski definition) is 1. The van der Waals surface area contributed by atoms with Crippen molar-refractivity contribution in [1.82, 2.24) is 5.32 Å². The van der Waals surface area contributed by atoms with E-state index < -0.39 is 0 Å². The molecule has 2 atom stereocenters. The van der Waals surface area contributed by atoms with Crippen molar-refractivity contribution < 1.29 is 0 Å². The van der Waals surface area contributed by atoms with Crippen molar-refractivity contribution in [2.75, 3.05) is 7.05 Å². The van der Waals surface area contributed by atoms with Gasteiger partial charge in [0, 0.05) is 11.1 Å². The van der Waals surface area contributed by atoms with Gasteiger partial charge in [-0.1, -0.05) is 36.6 Å². The first-order valence-electron chi connectivity index (χ1n) is 6.21. The first kappa shape index (κ1) is 11.9. The van der Waals surface area contributed by atoms with Crippen LogP contribution in [0.25, 0.3) is 0 Å². The van der Waals surface area contributed by atoms with Gasteiger partial charge in [-0.05, 0) is 49.9 Å². The van der Waals surface area contributed by atoms with Crippen LogP contribution in [0, 0.1) is 5.92 Å². The molecule has 0 radical (unpaired) electrons. The molecule has 0 saturated heterocycles. The average Bonchev–Trinajstić information content (AvgIpc) is 2.33. The fourth-order valence-electron chi connectivity index (χ4n) is 2.76. The molecule has 1 nitrogen and oxygen atoms in total. The molecule has 1 aliphatic rings. The second-order valence-corrected chi connectivity index (χ2v) is 5.21. The Morgan fingerprint density at radius 2 is 1.88 bits per heavy atom. The minimum absolute atomic E-state index is 0.699. The Bertz CT molecular complexity index is 320. The second kappa shape index (κ2) is 5.70. The van der Waals surface area contributed by atoms with Gasteiger partial charge < -0.3 is 5.32 Å². The third-order valence-electron chi connectivity index (χ3n) is 3.69. The van der Waals surface area contributed by atoms with Crippen LogP contribution in [0.2, 0.25) is 5.02 Å². The summed E-state index contributed by atoms with van der Waals surface area (Å²) in [5.74, 6) is 0.792. The van der Waals surface area contributed by atoms with E-state index in [1.165, 1.54) is 37.7 Å². The van der Waals surface area contributed by atoms with E-state index in [2.05, 4.69) is 24.5 Å². The Morgan fingerprint density at radius 3 is 2.56 bits per heavy atom. The topological polar surface area (TPSA) is 12.0 Å². The molecular weight excluding hydrogens is 218 g/mol.